The van der Waals surface area contributed by atoms with E-state index in [-0.39, 0.29) is 6.03 Å². The van der Waals surface area contributed by atoms with Gasteiger partial charge in [0.05, 0.1) is 5.69 Å². The van der Waals surface area contributed by atoms with Crippen molar-refractivity contribution in [3.8, 4) is 0 Å². The molecule has 0 saturated carbocycles. The Labute approximate surface area is 124 Å². The van der Waals surface area contributed by atoms with Gasteiger partial charge in [0.25, 0.3) is 0 Å². The van der Waals surface area contributed by atoms with Crippen molar-refractivity contribution in [3.63, 3.8) is 0 Å². The van der Waals surface area contributed by atoms with Crippen molar-refractivity contribution >= 4 is 23.1 Å². The molecule has 0 bridgehead atoms. The van der Waals surface area contributed by atoms with Crippen molar-refractivity contribution in [1.82, 2.24) is 0 Å². The van der Waals surface area contributed by atoms with Crippen molar-refractivity contribution in [1.29, 1.82) is 0 Å². The highest BCUT2D eigenvalue weighted by atomic mass is 16.2. The summed E-state index contributed by atoms with van der Waals surface area (Å²) in [6.45, 7) is 7.69. The van der Waals surface area contributed by atoms with Crippen LogP contribution >= 0.6 is 0 Å². The molecule has 2 aromatic rings. The fourth-order valence-corrected chi connectivity index (χ4v) is 2.03. The molecule has 0 spiro atoms. The van der Waals surface area contributed by atoms with Crippen molar-refractivity contribution in [3.05, 3.63) is 65.7 Å². The van der Waals surface area contributed by atoms with Gasteiger partial charge in [0.15, 0.2) is 0 Å². The average molecular weight is 281 g/mol. The third-order valence-corrected chi connectivity index (χ3v) is 3.37. The molecular formula is C17H19N3O. The number of hydrogen-bond donors (Lipinski definition) is 3. The van der Waals surface area contributed by atoms with E-state index in [2.05, 4.69) is 17.2 Å². The predicted octanol–water partition coefficient (Wildman–Crippen LogP) is 3.88. The molecule has 0 aliphatic rings. The number of nitrogens with one attached hydrogen (secondary N) is 2. The Morgan fingerprint density at radius 2 is 1.62 bits per heavy atom. The number of carbonyl (C=O) groups excluding carboxylic acids is 1. The van der Waals surface area contributed by atoms with Crippen molar-refractivity contribution in [2.24, 2.45) is 5.73 Å². The van der Waals surface area contributed by atoms with Crippen LogP contribution in [0.1, 0.15) is 16.7 Å². The van der Waals surface area contributed by atoms with Gasteiger partial charge in [0.1, 0.15) is 0 Å². The van der Waals surface area contributed by atoms with Gasteiger partial charge >= 0.3 is 6.03 Å². The molecule has 2 rings (SSSR count). The van der Waals surface area contributed by atoms with Gasteiger partial charge in [0.2, 0.25) is 0 Å². The Hall–Kier alpha value is -2.75. The number of urea groups is 1. The summed E-state index contributed by atoms with van der Waals surface area (Å²) in [5.41, 5.74) is 10.4. The molecule has 0 saturated heterocycles. The number of benzene rings is 2. The number of carbonyl (C=O) groups is 1. The quantitative estimate of drug-likeness (QED) is 0.799. The van der Waals surface area contributed by atoms with E-state index in [1.807, 2.05) is 50.2 Å². The Balaban J connectivity index is 2.16. The van der Waals surface area contributed by atoms with Gasteiger partial charge in [-0.05, 0) is 37.1 Å². The van der Waals surface area contributed by atoms with Crippen LogP contribution in [0.2, 0.25) is 0 Å². The number of nitrogens with two attached hydrogens (primary N) is 1. The van der Waals surface area contributed by atoms with Crippen LogP contribution < -0.4 is 16.4 Å². The first kappa shape index (κ1) is 14.7. The highest BCUT2D eigenvalue weighted by Crippen LogP contribution is 2.21. The molecule has 0 radical (unpaired) electrons. The maximum absolute atomic E-state index is 12.1. The summed E-state index contributed by atoms with van der Waals surface area (Å²) in [5, 5.41) is 5.64. The molecule has 2 amide bonds. The van der Waals surface area contributed by atoms with E-state index >= 15 is 0 Å². The highest BCUT2D eigenvalue weighted by Gasteiger charge is 2.09. The number of anilines is 2. The zero-order valence-electron chi connectivity index (χ0n) is 12.2. The van der Waals surface area contributed by atoms with Crippen LogP contribution in [0.15, 0.2) is 49.0 Å². The van der Waals surface area contributed by atoms with Crippen LogP contribution in [-0.2, 0) is 0 Å². The van der Waals surface area contributed by atoms with Gasteiger partial charge in [-0.15, -0.1) is 0 Å². The van der Waals surface area contributed by atoms with Gasteiger partial charge in [-0.3, -0.25) is 0 Å². The molecule has 0 fully saturated rings. The lowest BCUT2D eigenvalue weighted by molar-refractivity contribution is 0.262. The maximum atomic E-state index is 12.1. The summed E-state index contributed by atoms with van der Waals surface area (Å²) in [7, 11) is 0. The molecule has 0 aliphatic carbocycles. The minimum absolute atomic E-state index is 0.308. The lowest BCUT2D eigenvalue weighted by atomic mass is 10.1. The standard InChI is InChI=1S/C17H19N3O/c1-11-7-6-10-15(12(11)2)19-17(21)20-16-9-5-4-8-14(16)13(3)18/h4-10H,3,18H2,1-2H3,(H2,19,20,21). The second-order valence-electron chi connectivity index (χ2n) is 4.90. The highest BCUT2D eigenvalue weighted by molar-refractivity contribution is 6.01. The lowest BCUT2D eigenvalue weighted by Crippen LogP contribution is -2.21. The smallest absolute Gasteiger partial charge is 0.323 e. The van der Waals surface area contributed by atoms with Gasteiger partial charge < -0.3 is 16.4 Å². The summed E-state index contributed by atoms with van der Waals surface area (Å²) >= 11 is 0. The van der Waals surface area contributed by atoms with Crippen LogP contribution in [0, 0.1) is 13.8 Å². The van der Waals surface area contributed by atoms with Gasteiger partial charge in [-0.25, -0.2) is 4.79 Å². The monoisotopic (exact) mass is 281 g/mol. The summed E-state index contributed by atoms with van der Waals surface area (Å²) in [6.07, 6.45) is 0. The molecule has 108 valence electrons. The van der Waals surface area contributed by atoms with E-state index in [1.165, 1.54) is 0 Å². The third kappa shape index (κ3) is 3.42. The molecule has 0 unspecified atom stereocenters. The first-order valence-corrected chi connectivity index (χ1v) is 6.67. The zero-order chi connectivity index (χ0) is 15.4. The fourth-order valence-electron chi connectivity index (χ4n) is 2.03. The minimum atomic E-state index is -0.308. The summed E-state index contributed by atoms with van der Waals surface area (Å²) in [4.78, 5) is 12.1. The average Bonchev–Trinajstić information content (AvgIpc) is 2.44. The molecular weight excluding hydrogens is 262 g/mol. The van der Waals surface area contributed by atoms with E-state index in [1.54, 1.807) is 6.07 Å². The molecule has 0 aromatic heterocycles. The van der Waals surface area contributed by atoms with E-state index < -0.39 is 0 Å². The van der Waals surface area contributed by atoms with Crippen molar-refractivity contribution in [2.45, 2.75) is 13.8 Å². The number of para-hydroxylation sites is 1. The first-order chi connectivity index (χ1) is 9.99. The molecule has 21 heavy (non-hydrogen) atoms. The van der Waals surface area contributed by atoms with Crippen LogP contribution in [-0.4, -0.2) is 6.03 Å². The molecule has 4 nitrogen and oxygen atoms in total. The third-order valence-electron chi connectivity index (χ3n) is 3.37. The second kappa shape index (κ2) is 6.13. The van der Waals surface area contributed by atoms with Gasteiger partial charge in [0, 0.05) is 16.9 Å². The molecule has 0 aliphatic heterocycles. The zero-order valence-corrected chi connectivity index (χ0v) is 12.2. The Kier molecular flexibility index (Phi) is 4.28. The Morgan fingerprint density at radius 1 is 1.00 bits per heavy atom. The maximum Gasteiger partial charge on any atom is 0.323 e. The fraction of sp³-hybridized carbons (Fsp3) is 0.118. The molecule has 4 N–H and O–H groups in total. The molecule has 0 heterocycles. The Bertz CT molecular complexity index is 692. The van der Waals surface area contributed by atoms with Gasteiger partial charge in [-0.2, -0.15) is 0 Å². The van der Waals surface area contributed by atoms with Crippen LogP contribution in [0.4, 0.5) is 16.2 Å². The summed E-state index contributed by atoms with van der Waals surface area (Å²) < 4.78 is 0. The predicted molar refractivity (Wildman–Crippen MR) is 88.2 cm³/mol. The number of amides is 2. The van der Waals surface area contributed by atoms with E-state index in [0.717, 1.165) is 16.8 Å². The van der Waals surface area contributed by atoms with Crippen LogP contribution in [0.25, 0.3) is 5.70 Å². The second-order valence-corrected chi connectivity index (χ2v) is 4.90. The lowest BCUT2D eigenvalue weighted by Gasteiger charge is -2.13. The van der Waals surface area contributed by atoms with E-state index in [4.69, 9.17) is 5.73 Å². The SMILES string of the molecule is C=C(N)c1ccccc1NC(=O)Nc1cccc(C)c1C. The normalized spacial score (nSPS) is 10.0. The number of aryl methyl sites for hydroxylation is 1. The molecule has 4 heteroatoms. The van der Waals surface area contributed by atoms with E-state index in [9.17, 15) is 4.79 Å². The topological polar surface area (TPSA) is 67.1 Å². The minimum Gasteiger partial charge on any atom is -0.399 e. The van der Waals surface area contributed by atoms with Gasteiger partial charge in [-0.1, -0.05) is 36.9 Å². The number of hydrogen-bond acceptors (Lipinski definition) is 2. The van der Waals surface area contributed by atoms with Crippen LogP contribution in [0.5, 0.6) is 0 Å². The molecule has 0 atom stereocenters. The van der Waals surface area contributed by atoms with Crippen molar-refractivity contribution < 1.29 is 4.79 Å². The first-order valence-electron chi connectivity index (χ1n) is 6.67. The largest absolute Gasteiger partial charge is 0.399 e. The number of rotatable bonds is 3. The van der Waals surface area contributed by atoms with E-state index in [0.29, 0.717) is 16.9 Å². The van der Waals surface area contributed by atoms with Crippen molar-refractivity contribution in [2.75, 3.05) is 10.6 Å². The summed E-state index contributed by atoms with van der Waals surface area (Å²) in [5.74, 6) is 0. The molecule has 2 aromatic carbocycles. The summed E-state index contributed by atoms with van der Waals surface area (Å²) in [6, 6.07) is 12.8. The Morgan fingerprint density at radius 3 is 2.33 bits per heavy atom. The van der Waals surface area contributed by atoms with Crippen LogP contribution in [0.3, 0.4) is 0 Å².